The average molecular weight is 294 g/mol. The van der Waals surface area contributed by atoms with Crippen LogP contribution in [-0.2, 0) is 0 Å². The lowest BCUT2D eigenvalue weighted by atomic mass is 10.0. The second kappa shape index (κ2) is 4.89. The predicted molar refractivity (Wildman–Crippen MR) is 73.6 cm³/mol. The minimum Gasteiger partial charge on any atom is -0.457 e. The van der Waals surface area contributed by atoms with Crippen LogP contribution in [0.15, 0.2) is 46.9 Å². The molecule has 20 heavy (non-hydrogen) atoms. The highest BCUT2D eigenvalue weighted by Gasteiger charge is 2.17. The van der Waals surface area contributed by atoms with E-state index < -0.39 is 17.7 Å². The second-order valence-corrected chi connectivity index (χ2v) is 4.87. The molecule has 5 heteroatoms. The molecule has 0 radical (unpaired) electrons. The van der Waals surface area contributed by atoms with E-state index >= 15 is 0 Å². The highest BCUT2D eigenvalue weighted by Crippen LogP contribution is 2.31. The summed E-state index contributed by atoms with van der Waals surface area (Å²) in [6, 6.07) is 9.94. The van der Waals surface area contributed by atoms with Gasteiger partial charge in [0.15, 0.2) is 17.2 Å². The van der Waals surface area contributed by atoms with Crippen molar-refractivity contribution in [2.24, 2.45) is 5.73 Å². The summed E-state index contributed by atoms with van der Waals surface area (Å²) in [5, 5.41) is 1.29. The smallest absolute Gasteiger partial charge is 0.159 e. The standard InChI is InChI=1S/C15H10ClF2NO/c16-10-3-1-2-9-7-13(20-15(9)10)14(19)8-4-5-11(17)12(18)6-8/h1-7,14H,19H2. The molecule has 3 aromatic rings. The fraction of sp³-hybridized carbons (Fsp3) is 0.0667. The first-order valence-corrected chi connectivity index (χ1v) is 6.32. The number of nitrogens with two attached hydrogens (primary N) is 1. The van der Waals surface area contributed by atoms with Gasteiger partial charge in [-0.2, -0.15) is 0 Å². The quantitative estimate of drug-likeness (QED) is 0.760. The molecule has 3 rings (SSSR count). The van der Waals surface area contributed by atoms with Crippen LogP contribution in [0.1, 0.15) is 17.4 Å². The molecule has 0 aliphatic rings. The Balaban J connectivity index is 2.05. The van der Waals surface area contributed by atoms with Crippen molar-refractivity contribution in [2.75, 3.05) is 0 Å². The van der Waals surface area contributed by atoms with Gasteiger partial charge in [-0.05, 0) is 29.8 Å². The Hall–Kier alpha value is -1.91. The molecule has 1 unspecified atom stereocenters. The van der Waals surface area contributed by atoms with Crippen LogP contribution < -0.4 is 5.73 Å². The van der Waals surface area contributed by atoms with Crippen LogP contribution in [0.5, 0.6) is 0 Å². The van der Waals surface area contributed by atoms with Crippen molar-refractivity contribution < 1.29 is 13.2 Å². The summed E-state index contributed by atoms with van der Waals surface area (Å²) in [5.41, 5.74) is 6.98. The molecule has 0 spiro atoms. The van der Waals surface area contributed by atoms with E-state index in [1.54, 1.807) is 18.2 Å². The Bertz CT molecular complexity index is 785. The van der Waals surface area contributed by atoms with Crippen molar-refractivity contribution in [3.63, 3.8) is 0 Å². The summed E-state index contributed by atoms with van der Waals surface area (Å²) in [7, 11) is 0. The molecule has 0 aliphatic heterocycles. The molecule has 2 N–H and O–H groups in total. The molecule has 0 aliphatic carbocycles. The Morgan fingerprint density at radius 2 is 1.85 bits per heavy atom. The maximum atomic E-state index is 13.2. The zero-order valence-corrected chi connectivity index (χ0v) is 11.0. The highest BCUT2D eigenvalue weighted by atomic mass is 35.5. The van der Waals surface area contributed by atoms with Crippen molar-refractivity contribution in [2.45, 2.75) is 6.04 Å². The summed E-state index contributed by atoms with van der Waals surface area (Å²) in [4.78, 5) is 0. The third-order valence-corrected chi connectivity index (χ3v) is 3.42. The van der Waals surface area contributed by atoms with Crippen molar-refractivity contribution in [3.05, 3.63) is 70.4 Å². The molecule has 0 amide bonds. The number of fused-ring (bicyclic) bond motifs is 1. The van der Waals surface area contributed by atoms with Gasteiger partial charge in [-0.1, -0.05) is 29.8 Å². The molecule has 1 heterocycles. The lowest BCUT2D eigenvalue weighted by Crippen LogP contribution is -2.11. The van der Waals surface area contributed by atoms with Crippen LogP contribution in [0.4, 0.5) is 8.78 Å². The van der Waals surface area contributed by atoms with E-state index in [1.165, 1.54) is 6.07 Å². The first kappa shape index (κ1) is 13.1. The summed E-state index contributed by atoms with van der Waals surface area (Å²) in [5.74, 6) is -1.40. The zero-order valence-electron chi connectivity index (χ0n) is 10.2. The third kappa shape index (κ3) is 2.17. The van der Waals surface area contributed by atoms with Crippen LogP contribution in [0, 0.1) is 11.6 Å². The zero-order chi connectivity index (χ0) is 14.3. The maximum absolute atomic E-state index is 13.2. The number of rotatable bonds is 2. The van der Waals surface area contributed by atoms with Crippen LogP contribution in [0.25, 0.3) is 11.0 Å². The van der Waals surface area contributed by atoms with Gasteiger partial charge >= 0.3 is 0 Å². The van der Waals surface area contributed by atoms with Crippen LogP contribution >= 0.6 is 11.6 Å². The number of hydrogen-bond acceptors (Lipinski definition) is 2. The van der Waals surface area contributed by atoms with Gasteiger partial charge in [0, 0.05) is 5.39 Å². The van der Waals surface area contributed by atoms with E-state index in [1.807, 2.05) is 6.07 Å². The van der Waals surface area contributed by atoms with Crippen LogP contribution in [0.3, 0.4) is 0 Å². The molecule has 0 bridgehead atoms. The summed E-state index contributed by atoms with van der Waals surface area (Å²) in [6.45, 7) is 0. The molecular formula is C15H10ClF2NO. The molecular weight excluding hydrogens is 284 g/mol. The van der Waals surface area contributed by atoms with E-state index in [9.17, 15) is 8.78 Å². The van der Waals surface area contributed by atoms with Crippen molar-refractivity contribution in [1.29, 1.82) is 0 Å². The molecule has 0 fully saturated rings. The number of halogens is 3. The van der Waals surface area contributed by atoms with Gasteiger partial charge in [0.2, 0.25) is 0 Å². The third-order valence-electron chi connectivity index (χ3n) is 3.12. The topological polar surface area (TPSA) is 39.2 Å². The largest absolute Gasteiger partial charge is 0.457 e. The first-order chi connectivity index (χ1) is 9.56. The van der Waals surface area contributed by atoms with Crippen molar-refractivity contribution in [3.8, 4) is 0 Å². The average Bonchev–Trinajstić information content (AvgIpc) is 2.86. The maximum Gasteiger partial charge on any atom is 0.159 e. The fourth-order valence-corrected chi connectivity index (χ4v) is 2.29. The molecule has 1 aromatic heterocycles. The Kier molecular flexibility index (Phi) is 3.20. The molecule has 1 atom stereocenters. The Morgan fingerprint density at radius 3 is 2.55 bits per heavy atom. The summed E-state index contributed by atoms with van der Waals surface area (Å²) >= 11 is 6.02. The van der Waals surface area contributed by atoms with Gasteiger partial charge in [-0.25, -0.2) is 8.78 Å². The van der Waals surface area contributed by atoms with E-state index in [0.29, 0.717) is 21.9 Å². The molecule has 2 nitrogen and oxygen atoms in total. The summed E-state index contributed by atoms with van der Waals surface area (Å²) < 4.78 is 31.8. The minimum atomic E-state index is -0.938. The second-order valence-electron chi connectivity index (χ2n) is 4.46. The first-order valence-electron chi connectivity index (χ1n) is 5.95. The van der Waals surface area contributed by atoms with E-state index in [4.69, 9.17) is 21.8 Å². The lowest BCUT2D eigenvalue weighted by Gasteiger charge is -2.09. The van der Waals surface area contributed by atoms with E-state index in [-0.39, 0.29) is 0 Å². The van der Waals surface area contributed by atoms with Gasteiger partial charge < -0.3 is 10.2 Å². The molecule has 2 aromatic carbocycles. The minimum absolute atomic E-state index is 0.430. The van der Waals surface area contributed by atoms with Crippen LogP contribution in [-0.4, -0.2) is 0 Å². The Labute approximate surface area is 118 Å². The van der Waals surface area contributed by atoms with Gasteiger partial charge in [-0.15, -0.1) is 0 Å². The number of hydrogen-bond donors (Lipinski definition) is 1. The predicted octanol–water partition coefficient (Wildman–Crippen LogP) is 4.41. The van der Waals surface area contributed by atoms with Gasteiger partial charge in [0.05, 0.1) is 11.1 Å². The van der Waals surface area contributed by atoms with Crippen molar-refractivity contribution in [1.82, 2.24) is 0 Å². The van der Waals surface area contributed by atoms with Gasteiger partial charge in [0.25, 0.3) is 0 Å². The summed E-state index contributed by atoms with van der Waals surface area (Å²) in [6.07, 6.45) is 0. The number of para-hydroxylation sites is 1. The normalized spacial score (nSPS) is 12.8. The van der Waals surface area contributed by atoms with Crippen LogP contribution in [0.2, 0.25) is 5.02 Å². The highest BCUT2D eigenvalue weighted by molar-refractivity contribution is 6.34. The van der Waals surface area contributed by atoms with Crippen molar-refractivity contribution >= 4 is 22.6 Å². The monoisotopic (exact) mass is 293 g/mol. The Morgan fingerprint density at radius 1 is 1.05 bits per heavy atom. The van der Waals surface area contributed by atoms with E-state index in [2.05, 4.69) is 0 Å². The molecule has 102 valence electrons. The lowest BCUT2D eigenvalue weighted by molar-refractivity contribution is 0.499. The van der Waals surface area contributed by atoms with Gasteiger partial charge in [0.1, 0.15) is 5.76 Å². The fourth-order valence-electron chi connectivity index (χ4n) is 2.07. The number of furan rings is 1. The van der Waals surface area contributed by atoms with Gasteiger partial charge in [-0.3, -0.25) is 0 Å². The number of benzene rings is 2. The van der Waals surface area contributed by atoms with E-state index in [0.717, 1.165) is 17.5 Å². The SMILES string of the molecule is NC(c1ccc(F)c(F)c1)c1cc2cccc(Cl)c2o1. The molecule has 0 saturated carbocycles. The molecule has 0 saturated heterocycles.